The first-order valence-electron chi connectivity index (χ1n) is 4.29. The molecule has 1 heterocycles. The Morgan fingerprint density at radius 3 is 2.92 bits per heavy atom. The van der Waals surface area contributed by atoms with Crippen LogP contribution in [0.25, 0.3) is 0 Å². The van der Waals surface area contributed by atoms with Crippen LogP contribution in [0.1, 0.15) is 12.8 Å². The average Bonchev–Trinajstić information content (AvgIpc) is 2.84. The molecule has 13 heavy (non-hydrogen) atoms. The van der Waals surface area contributed by atoms with Gasteiger partial charge in [0, 0.05) is 25.4 Å². The standard InChI is InChI=1S/C9H11BrN2O/c1-12-5-7(10)8(4-9(12)13)11-6-2-3-6/h4-6,11H,2-3H2,1H3. The van der Waals surface area contributed by atoms with E-state index in [0.29, 0.717) is 6.04 Å². The van der Waals surface area contributed by atoms with E-state index in [0.717, 1.165) is 10.2 Å². The van der Waals surface area contributed by atoms with Gasteiger partial charge >= 0.3 is 0 Å². The molecule has 1 aromatic rings. The highest BCUT2D eigenvalue weighted by Crippen LogP contribution is 2.28. The summed E-state index contributed by atoms with van der Waals surface area (Å²) in [5.74, 6) is 0. The first kappa shape index (κ1) is 8.81. The van der Waals surface area contributed by atoms with Crippen molar-refractivity contribution >= 4 is 21.6 Å². The normalized spacial score (nSPS) is 15.8. The largest absolute Gasteiger partial charge is 0.381 e. The Bertz CT molecular complexity index is 382. The summed E-state index contributed by atoms with van der Waals surface area (Å²) in [6, 6.07) is 2.20. The molecule has 1 N–H and O–H groups in total. The van der Waals surface area contributed by atoms with Crippen molar-refractivity contribution in [2.45, 2.75) is 18.9 Å². The summed E-state index contributed by atoms with van der Waals surface area (Å²) in [4.78, 5) is 11.3. The van der Waals surface area contributed by atoms with Crippen molar-refractivity contribution in [3.8, 4) is 0 Å². The predicted molar refractivity (Wildman–Crippen MR) is 56.0 cm³/mol. The van der Waals surface area contributed by atoms with E-state index in [-0.39, 0.29) is 5.56 Å². The van der Waals surface area contributed by atoms with Crippen LogP contribution in [0.4, 0.5) is 5.69 Å². The van der Waals surface area contributed by atoms with Crippen molar-refractivity contribution < 1.29 is 0 Å². The summed E-state index contributed by atoms with van der Waals surface area (Å²) in [6.07, 6.45) is 4.20. The number of hydrogen-bond acceptors (Lipinski definition) is 2. The molecule has 4 heteroatoms. The zero-order valence-corrected chi connectivity index (χ0v) is 8.97. The molecule has 0 atom stereocenters. The van der Waals surface area contributed by atoms with Gasteiger partial charge in [-0.3, -0.25) is 4.79 Å². The minimum atomic E-state index is 0.0198. The monoisotopic (exact) mass is 242 g/mol. The minimum Gasteiger partial charge on any atom is -0.381 e. The van der Waals surface area contributed by atoms with E-state index in [1.807, 2.05) is 0 Å². The minimum absolute atomic E-state index is 0.0198. The molecule has 1 fully saturated rings. The van der Waals surface area contributed by atoms with E-state index in [9.17, 15) is 4.79 Å². The molecule has 0 saturated heterocycles. The molecule has 0 spiro atoms. The lowest BCUT2D eigenvalue weighted by atomic mass is 10.4. The Hall–Kier alpha value is -0.770. The first-order valence-corrected chi connectivity index (χ1v) is 5.09. The number of nitrogens with one attached hydrogen (secondary N) is 1. The summed E-state index contributed by atoms with van der Waals surface area (Å²) in [5.41, 5.74) is 0.928. The molecule has 0 amide bonds. The van der Waals surface area contributed by atoms with Gasteiger partial charge < -0.3 is 9.88 Å². The summed E-state index contributed by atoms with van der Waals surface area (Å²) >= 11 is 3.42. The number of anilines is 1. The molecule has 0 radical (unpaired) electrons. The van der Waals surface area contributed by atoms with Crippen molar-refractivity contribution in [3.05, 3.63) is 27.1 Å². The summed E-state index contributed by atoms with van der Waals surface area (Å²) in [7, 11) is 1.74. The van der Waals surface area contributed by atoms with E-state index in [4.69, 9.17) is 0 Å². The highest BCUT2D eigenvalue weighted by atomic mass is 79.9. The highest BCUT2D eigenvalue weighted by Gasteiger charge is 2.21. The van der Waals surface area contributed by atoms with Crippen molar-refractivity contribution in [1.82, 2.24) is 4.57 Å². The van der Waals surface area contributed by atoms with E-state index >= 15 is 0 Å². The molecule has 70 valence electrons. The van der Waals surface area contributed by atoms with Crippen molar-refractivity contribution in [3.63, 3.8) is 0 Å². The molecule has 0 unspecified atom stereocenters. The summed E-state index contributed by atoms with van der Waals surface area (Å²) in [6.45, 7) is 0. The van der Waals surface area contributed by atoms with Crippen molar-refractivity contribution in [2.24, 2.45) is 7.05 Å². The SMILES string of the molecule is Cn1cc(Br)c(NC2CC2)cc1=O. The molecule has 1 aliphatic rings. The second kappa shape index (κ2) is 3.18. The Morgan fingerprint density at radius 1 is 1.62 bits per heavy atom. The summed E-state index contributed by atoms with van der Waals surface area (Å²) < 4.78 is 2.50. The number of aryl methyl sites for hydroxylation is 1. The van der Waals surface area contributed by atoms with Gasteiger partial charge in [-0.25, -0.2) is 0 Å². The third kappa shape index (κ3) is 1.94. The molecule has 0 bridgehead atoms. The van der Waals surface area contributed by atoms with Crippen LogP contribution >= 0.6 is 15.9 Å². The van der Waals surface area contributed by atoms with Gasteiger partial charge in [0.05, 0.1) is 10.2 Å². The number of rotatable bonds is 2. The third-order valence-corrected chi connectivity index (χ3v) is 2.75. The van der Waals surface area contributed by atoms with Gasteiger partial charge in [-0.05, 0) is 28.8 Å². The highest BCUT2D eigenvalue weighted by molar-refractivity contribution is 9.10. The smallest absolute Gasteiger partial charge is 0.252 e. The van der Waals surface area contributed by atoms with Crippen molar-refractivity contribution in [2.75, 3.05) is 5.32 Å². The van der Waals surface area contributed by atoms with Crippen molar-refractivity contribution in [1.29, 1.82) is 0 Å². The Kier molecular flexibility index (Phi) is 2.15. The fourth-order valence-corrected chi connectivity index (χ4v) is 1.69. The van der Waals surface area contributed by atoms with Crippen LogP contribution in [0.15, 0.2) is 21.5 Å². The fourth-order valence-electron chi connectivity index (χ4n) is 1.16. The number of hydrogen-bond donors (Lipinski definition) is 1. The van der Waals surface area contributed by atoms with Crippen LogP contribution in [0, 0.1) is 0 Å². The maximum atomic E-state index is 11.3. The van der Waals surface area contributed by atoms with Gasteiger partial charge in [-0.15, -0.1) is 0 Å². The molecule has 0 aromatic carbocycles. The molecule has 1 aromatic heterocycles. The molecule has 1 aliphatic carbocycles. The molecular formula is C9H11BrN2O. The Labute approximate surface area is 84.9 Å². The van der Waals surface area contributed by atoms with E-state index in [1.54, 1.807) is 23.9 Å². The number of halogens is 1. The maximum Gasteiger partial charge on any atom is 0.252 e. The molecular weight excluding hydrogens is 232 g/mol. The quantitative estimate of drug-likeness (QED) is 0.858. The third-order valence-electron chi connectivity index (χ3n) is 2.12. The second-order valence-corrected chi connectivity index (χ2v) is 4.26. The van der Waals surface area contributed by atoms with Gasteiger partial charge in [-0.1, -0.05) is 0 Å². The maximum absolute atomic E-state index is 11.3. The van der Waals surface area contributed by atoms with Crippen LogP contribution in [-0.2, 0) is 7.05 Å². The van der Waals surface area contributed by atoms with Crippen LogP contribution in [0.2, 0.25) is 0 Å². The number of aromatic nitrogens is 1. The summed E-state index contributed by atoms with van der Waals surface area (Å²) in [5, 5.41) is 3.29. The van der Waals surface area contributed by atoms with Crippen LogP contribution < -0.4 is 10.9 Å². The zero-order chi connectivity index (χ0) is 9.42. The average molecular weight is 243 g/mol. The topological polar surface area (TPSA) is 34.0 Å². The van der Waals surface area contributed by atoms with Crippen LogP contribution in [0.3, 0.4) is 0 Å². The number of nitrogens with zero attached hydrogens (tertiary/aromatic N) is 1. The van der Waals surface area contributed by atoms with Gasteiger partial charge in [0.15, 0.2) is 0 Å². The second-order valence-electron chi connectivity index (χ2n) is 3.40. The van der Waals surface area contributed by atoms with E-state index in [2.05, 4.69) is 21.2 Å². The molecule has 2 rings (SSSR count). The van der Waals surface area contributed by atoms with Crippen LogP contribution in [0.5, 0.6) is 0 Å². The first-order chi connectivity index (χ1) is 6.16. The predicted octanol–water partition coefficient (Wildman–Crippen LogP) is 1.72. The van der Waals surface area contributed by atoms with E-state index < -0.39 is 0 Å². The fraction of sp³-hybridized carbons (Fsp3) is 0.444. The lowest BCUT2D eigenvalue weighted by molar-refractivity contribution is 0.855. The molecule has 0 aliphatic heterocycles. The Morgan fingerprint density at radius 2 is 2.31 bits per heavy atom. The van der Waals surface area contributed by atoms with Gasteiger partial charge in [0.1, 0.15) is 0 Å². The van der Waals surface area contributed by atoms with Crippen LogP contribution in [-0.4, -0.2) is 10.6 Å². The lowest BCUT2D eigenvalue weighted by Crippen LogP contribution is -2.16. The number of pyridine rings is 1. The van der Waals surface area contributed by atoms with Gasteiger partial charge in [0.2, 0.25) is 0 Å². The van der Waals surface area contributed by atoms with Gasteiger partial charge in [-0.2, -0.15) is 0 Å². The molecule has 1 saturated carbocycles. The lowest BCUT2D eigenvalue weighted by Gasteiger charge is -2.07. The molecule has 3 nitrogen and oxygen atoms in total. The Balaban J connectivity index is 2.33. The van der Waals surface area contributed by atoms with E-state index in [1.165, 1.54) is 12.8 Å². The zero-order valence-electron chi connectivity index (χ0n) is 7.38. The van der Waals surface area contributed by atoms with Gasteiger partial charge in [0.25, 0.3) is 5.56 Å².